The maximum absolute atomic E-state index is 13.2. The van der Waals surface area contributed by atoms with Crippen LogP contribution in [0.5, 0.6) is 0 Å². The summed E-state index contributed by atoms with van der Waals surface area (Å²) in [7, 11) is 0. The summed E-state index contributed by atoms with van der Waals surface area (Å²) >= 11 is 0. The van der Waals surface area contributed by atoms with Gasteiger partial charge >= 0.3 is 0 Å². The van der Waals surface area contributed by atoms with E-state index in [-0.39, 0.29) is 11.6 Å². The lowest BCUT2D eigenvalue weighted by Gasteiger charge is -2.28. The van der Waals surface area contributed by atoms with Crippen molar-refractivity contribution in [1.82, 2.24) is 4.57 Å². The molecular formula is C19H17N3O3. The Morgan fingerprint density at radius 1 is 1.16 bits per heavy atom. The lowest BCUT2D eigenvalue weighted by Crippen LogP contribution is -2.38. The van der Waals surface area contributed by atoms with Crippen LogP contribution in [0.4, 0.5) is 11.4 Å². The minimum atomic E-state index is -0.393. The molecule has 0 spiro atoms. The number of nitro groups is 1. The van der Waals surface area contributed by atoms with E-state index in [2.05, 4.69) is 0 Å². The van der Waals surface area contributed by atoms with Crippen molar-refractivity contribution >= 4 is 28.2 Å². The highest BCUT2D eigenvalue weighted by Gasteiger charge is 2.31. The summed E-state index contributed by atoms with van der Waals surface area (Å²) in [4.78, 5) is 25.7. The second-order valence-electron chi connectivity index (χ2n) is 6.07. The highest BCUT2D eigenvalue weighted by molar-refractivity contribution is 6.11. The van der Waals surface area contributed by atoms with Crippen LogP contribution in [0.3, 0.4) is 0 Å². The largest absolute Gasteiger partial charge is 0.337 e. The number of nitrogens with zero attached hydrogens (tertiary/aromatic N) is 3. The number of aryl methyl sites for hydroxylation is 1. The molecule has 1 aliphatic heterocycles. The summed E-state index contributed by atoms with van der Waals surface area (Å²) in [6, 6.07) is 14.4. The molecule has 0 unspecified atom stereocenters. The fourth-order valence-corrected chi connectivity index (χ4v) is 3.66. The first-order valence-corrected chi connectivity index (χ1v) is 8.28. The quantitative estimate of drug-likeness (QED) is 0.540. The third-order valence-electron chi connectivity index (χ3n) is 4.78. The van der Waals surface area contributed by atoms with Gasteiger partial charge in [-0.25, -0.2) is 0 Å². The molecule has 1 aliphatic rings. The van der Waals surface area contributed by atoms with Crippen LogP contribution in [0.25, 0.3) is 10.9 Å². The maximum atomic E-state index is 13.2. The third-order valence-corrected chi connectivity index (χ3v) is 4.78. The van der Waals surface area contributed by atoms with E-state index in [4.69, 9.17) is 0 Å². The minimum Gasteiger partial charge on any atom is -0.337 e. The molecule has 0 fully saturated rings. The van der Waals surface area contributed by atoms with E-state index in [1.54, 1.807) is 17.0 Å². The number of carbonyl (C=O) groups excluding carboxylic acids is 1. The van der Waals surface area contributed by atoms with Gasteiger partial charge in [0.2, 0.25) is 0 Å². The number of carbonyl (C=O) groups is 1. The summed E-state index contributed by atoms with van der Waals surface area (Å²) in [5.41, 5.74) is 3.37. The summed E-state index contributed by atoms with van der Waals surface area (Å²) in [5.74, 6) is -0.0480. The van der Waals surface area contributed by atoms with E-state index >= 15 is 0 Å². The van der Waals surface area contributed by atoms with Gasteiger partial charge in [-0.2, -0.15) is 0 Å². The van der Waals surface area contributed by atoms with Gasteiger partial charge in [0.05, 0.1) is 4.92 Å². The molecule has 0 bridgehead atoms. The topological polar surface area (TPSA) is 68.4 Å². The van der Waals surface area contributed by atoms with Crippen LogP contribution >= 0.6 is 0 Å². The average Bonchev–Trinajstić information content (AvgIpc) is 2.96. The zero-order valence-corrected chi connectivity index (χ0v) is 13.8. The number of hydrogen-bond donors (Lipinski definition) is 0. The molecular weight excluding hydrogens is 318 g/mol. The van der Waals surface area contributed by atoms with Gasteiger partial charge in [-0.05, 0) is 37.1 Å². The second-order valence-corrected chi connectivity index (χ2v) is 6.07. The number of para-hydroxylation sites is 1. The van der Waals surface area contributed by atoms with E-state index in [0.29, 0.717) is 25.2 Å². The van der Waals surface area contributed by atoms with Gasteiger partial charge in [-0.1, -0.05) is 18.2 Å². The summed E-state index contributed by atoms with van der Waals surface area (Å²) in [6.45, 7) is 3.19. The van der Waals surface area contributed by atoms with Crippen molar-refractivity contribution < 1.29 is 9.72 Å². The van der Waals surface area contributed by atoms with E-state index in [1.807, 2.05) is 41.8 Å². The molecule has 0 saturated carbocycles. The zero-order chi connectivity index (χ0) is 17.6. The molecule has 1 amide bonds. The molecule has 2 heterocycles. The lowest BCUT2D eigenvalue weighted by atomic mass is 10.0. The highest BCUT2D eigenvalue weighted by atomic mass is 16.6. The predicted octanol–water partition coefficient (Wildman–Crippen LogP) is 3.77. The number of hydrogen-bond acceptors (Lipinski definition) is 3. The molecule has 0 aliphatic carbocycles. The number of fused-ring (bicyclic) bond motifs is 3. The normalized spacial score (nSPS) is 14.0. The lowest BCUT2D eigenvalue weighted by molar-refractivity contribution is -0.384. The summed E-state index contributed by atoms with van der Waals surface area (Å²) in [6.07, 6.45) is 0.681. The zero-order valence-electron chi connectivity index (χ0n) is 13.8. The Morgan fingerprint density at radius 3 is 2.60 bits per heavy atom. The molecule has 0 saturated heterocycles. The molecule has 0 N–H and O–H groups in total. The van der Waals surface area contributed by atoms with Crippen LogP contribution in [0, 0.1) is 10.1 Å². The van der Waals surface area contributed by atoms with Gasteiger partial charge in [-0.3, -0.25) is 14.9 Å². The Morgan fingerprint density at radius 2 is 1.92 bits per heavy atom. The van der Waals surface area contributed by atoms with Gasteiger partial charge in [-0.15, -0.1) is 0 Å². The number of rotatable bonds is 3. The number of amides is 1. The van der Waals surface area contributed by atoms with E-state index in [0.717, 1.165) is 22.2 Å². The Bertz CT molecular complexity index is 992. The van der Waals surface area contributed by atoms with Crippen molar-refractivity contribution in [3.8, 4) is 0 Å². The van der Waals surface area contributed by atoms with Crippen LogP contribution in [0.2, 0.25) is 0 Å². The molecule has 6 heteroatoms. The molecule has 4 rings (SSSR count). The van der Waals surface area contributed by atoms with E-state index in [1.165, 1.54) is 6.07 Å². The van der Waals surface area contributed by atoms with Gasteiger partial charge < -0.3 is 9.47 Å². The van der Waals surface area contributed by atoms with E-state index in [9.17, 15) is 14.9 Å². The smallest absolute Gasteiger partial charge is 0.275 e. The first-order chi connectivity index (χ1) is 12.1. The average molecular weight is 335 g/mol. The van der Waals surface area contributed by atoms with Gasteiger partial charge in [0, 0.05) is 41.8 Å². The standard InChI is InChI=1S/C19H17N3O3/c1-2-20-17-9-8-14(22(24)25)12-16(17)15-10-11-21(19(23)18(15)20)13-6-4-3-5-7-13/h3-9,12H,2,10-11H2,1H3. The number of anilines is 1. The molecule has 1 aromatic heterocycles. The molecule has 126 valence electrons. The Labute approximate surface area is 144 Å². The molecule has 3 aromatic rings. The van der Waals surface area contributed by atoms with Crippen LogP contribution in [0.15, 0.2) is 48.5 Å². The Hall–Kier alpha value is -3.15. The molecule has 25 heavy (non-hydrogen) atoms. The Balaban J connectivity index is 1.90. The fraction of sp³-hybridized carbons (Fsp3) is 0.211. The van der Waals surface area contributed by atoms with Crippen molar-refractivity contribution in [3.05, 3.63) is 69.9 Å². The number of non-ortho nitro benzene ring substituents is 1. The van der Waals surface area contributed by atoms with Crippen molar-refractivity contribution in [2.75, 3.05) is 11.4 Å². The van der Waals surface area contributed by atoms with Crippen LogP contribution in [-0.2, 0) is 13.0 Å². The first kappa shape index (κ1) is 15.4. The molecule has 2 aromatic carbocycles. The SMILES string of the molecule is CCn1c2c(c3cc([N+](=O)[O-])ccc31)CCN(c1ccccc1)C2=O. The monoisotopic (exact) mass is 335 g/mol. The minimum absolute atomic E-state index is 0.0480. The number of nitro benzene ring substituents is 1. The van der Waals surface area contributed by atoms with Gasteiger partial charge in [0.1, 0.15) is 5.69 Å². The summed E-state index contributed by atoms with van der Waals surface area (Å²) < 4.78 is 1.96. The van der Waals surface area contributed by atoms with Gasteiger partial charge in [0.25, 0.3) is 11.6 Å². The Kier molecular flexibility index (Phi) is 3.53. The fourth-order valence-electron chi connectivity index (χ4n) is 3.66. The molecule has 6 nitrogen and oxygen atoms in total. The predicted molar refractivity (Wildman–Crippen MR) is 96.1 cm³/mol. The van der Waals surface area contributed by atoms with Gasteiger partial charge in [0.15, 0.2) is 0 Å². The van der Waals surface area contributed by atoms with Crippen LogP contribution in [-0.4, -0.2) is 21.9 Å². The van der Waals surface area contributed by atoms with Crippen molar-refractivity contribution in [2.45, 2.75) is 19.9 Å². The number of aromatic nitrogens is 1. The second kappa shape index (κ2) is 5.73. The van der Waals surface area contributed by atoms with Crippen molar-refractivity contribution in [3.63, 3.8) is 0 Å². The van der Waals surface area contributed by atoms with Crippen molar-refractivity contribution in [1.29, 1.82) is 0 Å². The third kappa shape index (κ3) is 2.29. The van der Waals surface area contributed by atoms with Crippen LogP contribution in [0.1, 0.15) is 23.0 Å². The highest BCUT2D eigenvalue weighted by Crippen LogP contribution is 2.34. The van der Waals surface area contributed by atoms with Crippen molar-refractivity contribution in [2.24, 2.45) is 0 Å². The van der Waals surface area contributed by atoms with E-state index < -0.39 is 4.92 Å². The maximum Gasteiger partial charge on any atom is 0.275 e. The molecule has 0 atom stereocenters. The molecule has 0 radical (unpaired) electrons. The number of benzene rings is 2. The van der Waals surface area contributed by atoms with Crippen LogP contribution < -0.4 is 4.90 Å². The first-order valence-electron chi connectivity index (χ1n) is 8.28. The summed E-state index contributed by atoms with van der Waals surface area (Å²) in [5, 5.41) is 11.9.